The molecule has 2 heterocycles. The number of halogens is 6. The van der Waals surface area contributed by atoms with Gasteiger partial charge in [-0.15, -0.1) is 11.3 Å². The molecule has 0 radical (unpaired) electrons. The number of aryl methyl sites for hydroxylation is 1. The number of hydrogen-bond donors (Lipinski definition) is 5. The van der Waals surface area contributed by atoms with Crippen molar-refractivity contribution in [2.45, 2.75) is 43.9 Å². The monoisotopic (exact) mass is 614 g/mol. The van der Waals surface area contributed by atoms with Crippen molar-refractivity contribution < 1.29 is 45.0 Å². The lowest BCUT2D eigenvalue weighted by atomic mass is 10.1. The van der Waals surface area contributed by atoms with Crippen molar-refractivity contribution in [3.8, 4) is 10.6 Å². The largest absolute Gasteiger partial charge is 0.405 e. The van der Waals surface area contributed by atoms with Gasteiger partial charge in [0.15, 0.2) is 5.75 Å². The molecule has 1 aliphatic rings. The molecule has 0 aliphatic heterocycles. The van der Waals surface area contributed by atoms with E-state index in [1.807, 2.05) is 6.07 Å². The van der Waals surface area contributed by atoms with E-state index < -0.39 is 65.4 Å². The highest BCUT2D eigenvalue weighted by Gasteiger charge is 2.43. The molecular formula is C22H24F6N6O4S2. The van der Waals surface area contributed by atoms with Crippen LogP contribution >= 0.6 is 11.3 Å². The van der Waals surface area contributed by atoms with Gasteiger partial charge in [0.2, 0.25) is 16.0 Å². The fraction of sp³-hybridized carbons (Fsp3) is 0.500. The van der Waals surface area contributed by atoms with Crippen molar-refractivity contribution in [1.29, 1.82) is 0 Å². The number of sulfonamides is 1. The molecule has 1 saturated carbocycles. The van der Waals surface area contributed by atoms with Crippen LogP contribution in [0, 0.1) is 12.8 Å². The SMILES string of the molecule is Cc1nc(NCC(F)(F)F)nc(N[C@@H]2C[C@H](CNS(=O)(=O)CC(F)(F)F)[C@@H](O)[C@H]2O)c1-c1nc2ccccc2s1. The third kappa shape index (κ3) is 7.48. The first kappa shape index (κ1) is 30.2. The van der Waals surface area contributed by atoms with Crippen molar-refractivity contribution >= 4 is 43.3 Å². The van der Waals surface area contributed by atoms with E-state index >= 15 is 0 Å². The van der Waals surface area contributed by atoms with Crippen LogP contribution in [0.25, 0.3) is 20.8 Å². The number of aromatic nitrogens is 3. The summed E-state index contributed by atoms with van der Waals surface area (Å²) in [7, 11) is -4.75. The lowest BCUT2D eigenvalue weighted by Crippen LogP contribution is -2.39. The second-order valence-corrected chi connectivity index (χ2v) is 12.1. The normalized spacial score (nSPS) is 22.1. The highest BCUT2D eigenvalue weighted by atomic mass is 32.2. The number of benzene rings is 1. The number of anilines is 2. The van der Waals surface area contributed by atoms with Gasteiger partial charge in [0.1, 0.15) is 23.5 Å². The summed E-state index contributed by atoms with van der Waals surface area (Å²) < 4.78 is 102. The molecule has 4 rings (SSSR count). The Kier molecular flexibility index (Phi) is 8.47. The summed E-state index contributed by atoms with van der Waals surface area (Å²) in [4.78, 5) is 12.8. The summed E-state index contributed by atoms with van der Waals surface area (Å²) in [5.74, 6) is -3.46. The molecule has 0 amide bonds. The Labute approximate surface area is 227 Å². The quantitative estimate of drug-likeness (QED) is 0.229. The van der Waals surface area contributed by atoms with Gasteiger partial charge < -0.3 is 20.8 Å². The first-order chi connectivity index (χ1) is 18.5. The second-order valence-electron chi connectivity index (χ2n) is 9.26. The number of nitrogens with one attached hydrogen (secondary N) is 3. The third-order valence-electron chi connectivity index (χ3n) is 6.09. The fourth-order valence-electron chi connectivity index (χ4n) is 4.32. The molecule has 1 aromatic carbocycles. The van der Waals surface area contributed by atoms with E-state index in [0.29, 0.717) is 16.1 Å². The number of fused-ring (bicyclic) bond motifs is 1. The topological polar surface area (TPSA) is 149 Å². The van der Waals surface area contributed by atoms with E-state index in [2.05, 4.69) is 25.6 Å². The molecule has 0 saturated heterocycles. The van der Waals surface area contributed by atoms with Crippen molar-refractivity contribution in [3.05, 3.63) is 30.0 Å². The Morgan fingerprint density at radius 2 is 1.73 bits per heavy atom. The van der Waals surface area contributed by atoms with Crippen molar-refractivity contribution in [3.63, 3.8) is 0 Å². The van der Waals surface area contributed by atoms with Gasteiger partial charge in [-0.2, -0.15) is 31.3 Å². The average molecular weight is 615 g/mol. The maximum Gasteiger partial charge on any atom is 0.405 e. The van der Waals surface area contributed by atoms with Gasteiger partial charge in [0.25, 0.3) is 0 Å². The van der Waals surface area contributed by atoms with Gasteiger partial charge in [0.05, 0.1) is 33.6 Å². The van der Waals surface area contributed by atoms with Crippen LogP contribution in [-0.2, 0) is 10.0 Å². The summed E-state index contributed by atoms with van der Waals surface area (Å²) >= 11 is 1.27. The maximum atomic E-state index is 12.8. The molecule has 0 spiro atoms. The minimum absolute atomic E-state index is 0.00853. The van der Waals surface area contributed by atoms with Crippen LogP contribution in [0.5, 0.6) is 0 Å². The molecule has 10 nitrogen and oxygen atoms in total. The van der Waals surface area contributed by atoms with Crippen LogP contribution in [0.2, 0.25) is 0 Å². The number of hydrogen-bond acceptors (Lipinski definition) is 10. The molecule has 18 heteroatoms. The predicted molar refractivity (Wildman–Crippen MR) is 135 cm³/mol. The van der Waals surface area contributed by atoms with Crippen LogP contribution in [0.1, 0.15) is 12.1 Å². The first-order valence-corrected chi connectivity index (χ1v) is 14.2. The third-order valence-corrected chi connectivity index (χ3v) is 8.46. The van der Waals surface area contributed by atoms with Crippen molar-refractivity contribution in [2.75, 3.05) is 29.5 Å². The van der Waals surface area contributed by atoms with Gasteiger partial charge in [0, 0.05) is 12.5 Å². The molecule has 220 valence electrons. The Morgan fingerprint density at radius 1 is 1.02 bits per heavy atom. The highest BCUT2D eigenvalue weighted by Crippen LogP contribution is 2.38. The molecule has 4 atom stereocenters. The van der Waals surface area contributed by atoms with E-state index in [1.54, 1.807) is 22.9 Å². The van der Waals surface area contributed by atoms with E-state index in [-0.39, 0.29) is 23.9 Å². The molecule has 5 N–H and O–H groups in total. The zero-order valence-electron chi connectivity index (χ0n) is 20.6. The number of aliphatic hydroxyl groups is 2. The van der Waals surface area contributed by atoms with Crippen LogP contribution in [0.4, 0.5) is 38.1 Å². The summed E-state index contributed by atoms with van der Waals surface area (Å²) in [6.45, 7) is -0.469. The molecule has 40 heavy (non-hydrogen) atoms. The standard InChI is InChI=1S/C22H24F6N6O4S2/c1-10-15(19-33-12-4-2-3-5-14(12)39-19)18(34-20(31-10)29-8-21(23,24)25)32-13-6-11(16(35)17(13)36)7-30-40(37,38)9-22(26,27)28/h2-5,11,13,16-17,30,35-36H,6-9H2,1H3,(H2,29,31,32,34)/t11-,13-,16-,17+/m1/s1. The zero-order chi connectivity index (χ0) is 29.5. The summed E-state index contributed by atoms with van der Waals surface area (Å²) in [6.07, 6.45) is -12.7. The van der Waals surface area contributed by atoms with Gasteiger partial charge in [-0.25, -0.2) is 23.1 Å². The molecule has 1 aliphatic carbocycles. The lowest BCUT2D eigenvalue weighted by molar-refractivity contribution is -0.115. The number of alkyl halides is 6. The fourth-order valence-corrected chi connectivity index (χ4v) is 6.38. The molecule has 0 unspecified atom stereocenters. The minimum atomic E-state index is -4.97. The molecule has 0 bridgehead atoms. The van der Waals surface area contributed by atoms with Gasteiger partial charge in [-0.05, 0) is 25.5 Å². The Bertz CT molecular complexity index is 1430. The molecule has 3 aromatic rings. The number of para-hydroxylation sites is 1. The van der Waals surface area contributed by atoms with E-state index in [1.165, 1.54) is 18.3 Å². The predicted octanol–water partition coefficient (Wildman–Crippen LogP) is 3.04. The number of aliphatic hydroxyl groups excluding tert-OH is 2. The van der Waals surface area contributed by atoms with Crippen LogP contribution in [0.15, 0.2) is 24.3 Å². The minimum Gasteiger partial charge on any atom is -0.390 e. The van der Waals surface area contributed by atoms with E-state index in [0.717, 1.165) is 4.70 Å². The summed E-state index contributed by atoms with van der Waals surface area (Å²) in [5.41, 5.74) is 1.23. The maximum absolute atomic E-state index is 12.8. The Balaban J connectivity index is 1.61. The van der Waals surface area contributed by atoms with Crippen LogP contribution in [-0.4, -0.2) is 83.0 Å². The number of thiazole rings is 1. The Hall–Kier alpha value is -2.80. The van der Waals surface area contributed by atoms with Gasteiger partial charge >= 0.3 is 12.4 Å². The van der Waals surface area contributed by atoms with Gasteiger partial charge in [-0.1, -0.05) is 12.1 Å². The second kappa shape index (κ2) is 11.2. The van der Waals surface area contributed by atoms with Crippen LogP contribution < -0.4 is 15.4 Å². The molecule has 1 fully saturated rings. The highest BCUT2D eigenvalue weighted by molar-refractivity contribution is 7.89. The smallest absolute Gasteiger partial charge is 0.390 e. The molecular weight excluding hydrogens is 590 g/mol. The van der Waals surface area contributed by atoms with E-state index in [9.17, 15) is 45.0 Å². The van der Waals surface area contributed by atoms with Crippen molar-refractivity contribution in [2.24, 2.45) is 5.92 Å². The van der Waals surface area contributed by atoms with E-state index in [4.69, 9.17) is 0 Å². The summed E-state index contributed by atoms with van der Waals surface area (Å²) in [6, 6.07) is 6.17. The Morgan fingerprint density at radius 3 is 2.38 bits per heavy atom. The summed E-state index contributed by atoms with van der Waals surface area (Å²) in [5, 5.41) is 26.5. The average Bonchev–Trinajstić information content (AvgIpc) is 3.35. The number of nitrogens with zero attached hydrogens (tertiary/aromatic N) is 3. The van der Waals surface area contributed by atoms with Gasteiger partial charge in [-0.3, -0.25) is 0 Å². The number of rotatable bonds is 9. The van der Waals surface area contributed by atoms with Crippen molar-refractivity contribution in [1.82, 2.24) is 19.7 Å². The first-order valence-electron chi connectivity index (χ1n) is 11.7. The van der Waals surface area contributed by atoms with Crippen LogP contribution in [0.3, 0.4) is 0 Å². The zero-order valence-corrected chi connectivity index (χ0v) is 22.2. The lowest BCUT2D eigenvalue weighted by Gasteiger charge is -2.21. The molecule has 2 aromatic heterocycles.